The maximum Gasteiger partial charge on any atom is 0.311 e. The standard InChI is InChI=1S/C27H21ClN4O5/c1-3-16(2)36-24-10-8-17(12-22(24)32(34)35)15-29-31-26(30-21-7-5-4-6-20(21)27(31)33)25-14-18-13-19(28)9-11-23(18)37-25/h4-16H,3H2,1-2H3/t16-/m1/s1. The van der Waals surface area contributed by atoms with Crippen molar-refractivity contribution < 1.29 is 14.1 Å². The monoisotopic (exact) mass is 516 g/mol. The highest BCUT2D eigenvalue weighted by atomic mass is 35.5. The summed E-state index contributed by atoms with van der Waals surface area (Å²) in [6.07, 6.45) is 1.89. The van der Waals surface area contributed by atoms with Gasteiger partial charge in [-0.15, -0.1) is 0 Å². The quantitative estimate of drug-likeness (QED) is 0.140. The maximum atomic E-state index is 13.4. The first-order valence-corrected chi connectivity index (χ1v) is 11.9. The van der Waals surface area contributed by atoms with Crippen molar-refractivity contribution in [3.05, 3.63) is 97.8 Å². The van der Waals surface area contributed by atoms with Gasteiger partial charge >= 0.3 is 5.69 Å². The molecule has 0 spiro atoms. The van der Waals surface area contributed by atoms with Crippen LogP contribution < -0.4 is 10.3 Å². The molecule has 0 aliphatic carbocycles. The molecule has 3 aromatic carbocycles. The fourth-order valence-electron chi connectivity index (χ4n) is 3.80. The van der Waals surface area contributed by atoms with Crippen molar-refractivity contribution in [1.82, 2.24) is 9.66 Å². The van der Waals surface area contributed by atoms with Gasteiger partial charge in [-0.2, -0.15) is 9.78 Å². The number of fused-ring (bicyclic) bond motifs is 2. The number of para-hydroxylation sites is 1. The SMILES string of the molecule is CC[C@@H](C)Oc1ccc(C=Nn2c(-c3cc4cc(Cl)ccc4o3)nc3ccccc3c2=O)cc1[N+](=O)[O-]. The molecule has 0 fully saturated rings. The Morgan fingerprint density at radius 2 is 2.00 bits per heavy atom. The molecule has 1 atom stereocenters. The number of hydrogen-bond donors (Lipinski definition) is 0. The Kier molecular flexibility index (Phi) is 6.45. The van der Waals surface area contributed by atoms with Crippen LogP contribution in [0.3, 0.4) is 0 Å². The predicted molar refractivity (Wildman–Crippen MR) is 143 cm³/mol. The molecule has 186 valence electrons. The minimum atomic E-state index is -0.510. The highest BCUT2D eigenvalue weighted by Gasteiger charge is 2.19. The van der Waals surface area contributed by atoms with Crippen LogP contribution in [-0.2, 0) is 0 Å². The van der Waals surface area contributed by atoms with Gasteiger partial charge in [0.1, 0.15) is 5.58 Å². The van der Waals surface area contributed by atoms with Crippen LogP contribution in [-0.4, -0.2) is 26.9 Å². The lowest BCUT2D eigenvalue weighted by Gasteiger charge is -2.12. The number of halogens is 1. The Bertz CT molecular complexity index is 1740. The highest BCUT2D eigenvalue weighted by Crippen LogP contribution is 2.30. The van der Waals surface area contributed by atoms with Gasteiger partial charge in [0, 0.05) is 22.0 Å². The highest BCUT2D eigenvalue weighted by molar-refractivity contribution is 6.31. The summed E-state index contributed by atoms with van der Waals surface area (Å²) in [5.74, 6) is 0.668. The van der Waals surface area contributed by atoms with Gasteiger partial charge in [0.2, 0.25) is 5.82 Å². The third kappa shape index (κ3) is 4.81. The lowest BCUT2D eigenvalue weighted by molar-refractivity contribution is -0.386. The summed E-state index contributed by atoms with van der Waals surface area (Å²) in [6, 6.07) is 18.3. The molecule has 9 nitrogen and oxygen atoms in total. The molecule has 10 heteroatoms. The number of hydrogen-bond acceptors (Lipinski definition) is 7. The van der Waals surface area contributed by atoms with E-state index in [0.717, 1.165) is 10.1 Å². The molecule has 0 bridgehead atoms. The van der Waals surface area contributed by atoms with Gasteiger partial charge in [-0.25, -0.2) is 4.98 Å². The van der Waals surface area contributed by atoms with Gasteiger partial charge in [0.05, 0.1) is 28.1 Å². The van der Waals surface area contributed by atoms with Crippen molar-refractivity contribution in [1.29, 1.82) is 0 Å². The van der Waals surface area contributed by atoms with Crippen molar-refractivity contribution >= 4 is 45.4 Å². The van der Waals surface area contributed by atoms with E-state index in [1.54, 1.807) is 54.6 Å². The van der Waals surface area contributed by atoms with E-state index in [2.05, 4.69) is 10.1 Å². The largest absolute Gasteiger partial charge is 0.484 e. The third-order valence-electron chi connectivity index (χ3n) is 5.86. The van der Waals surface area contributed by atoms with Gasteiger partial charge < -0.3 is 9.15 Å². The molecule has 0 N–H and O–H groups in total. The van der Waals surface area contributed by atoms with Gasteiger partial charge in [0.25, 0.3) is 5.56 Å². The minimum absolute atomic E-state index is 0.169. The van der Waals surface area contributed by atoms with Crippen LogP contribution in [0.2, 0.25) is 5.02 Å². The fourth-order valence-corrected chi connectivity index (χ4v) is 3.98. The summed E-state index contributed by atoms with van der Waals surface area (Å²) < 4.78 is 12.8. The maximum absolute atomic E-state index is 13.4. The third-order valence-corrected chi connectivity index (χ3v) is 6.09. The smallest absolute Gasteiger partial charge is 0.311 e. The molecule has 5 rings (SSSR count). The van der Waals surface area contributed by atoms with E-state index in [1.165, 1.54) is 18.3 Å². The van der Waals surface area contributed by atoms with E-state index < -0.39 is 10.5 Å². The van der Waals surface area contributed by atoms with Crippen LogP contribution in [0.25, 0.3) is 33.5 Å². The number of benzene rings is 3. The number of furan rings is 1. The summed E-state index contributed by atoms with van der Waals surface area (Å²) in [5, 5.41) is 17.7. The average molecular weight is 517 g/mol. The van der Waals surface area contributed by atoms with Crippen LogP contribution in [0, 0.1) is 10.1 Å². The van der Waals surface area contributed by atoms with Gasteiger partial charge in [-0.3, -0.25) is 14.9 Å². The van der Waals surface area contributed by atoms with E-state index in [9.17, 15) is 14.9 Å². The van der Waals surface area contributed by atoms with Crippen molar-refractivity contribution in [3.63, 3.8) is 0 Å². The van der Waals surface area contributed by atoms with E-state index in [4.69, 9.17) is 20.8 Å². The van der Waals surface area contributed by atoms with E-state index in [0.29, 0.717) is 39.3 Å². The lowest BCUT2D eigenvalue weighted by atomic mass is 10.2. The van der Waals surface area contributed by atoms with Gasteiger partial charge in [0.15, 0.2) is 11.5 Å². The number of nitro groups is 1. The lowest BCUT2D eigenvalue weighted by Crippen LogP contribution is -2.20. The molecule has 0 aliphatic heterocycles. The Morgan fingerprint density at radius 1 is 1.19 bits per heavy atom. The molecule has 37 heavy (non-hydrogen) atoms. The zero-order chi connectivity index (χ0) is 26.1. The normalized spacial score (nSPS) is 12.4. The van der Waals surface area contributed by atoms with Crippen molar-refractivity contribution in [2.75, 3.05) is 0 Å². The van der Waals surface area contributed by atoms with Crippen LogP contribution in [0.4, 0.5) is 5.69 Å². The summed E-state index contributed by atoms with van der Waals surface area (Å²) in [5.41, 5.74) is 0.856. The van der Waals surface area contributed by atoms with Gasteiger partial charge in [-0.1, -0.05) is 30.7 Å². The molecule has 2 aromatic heterocycles. The molecule has 0 unspecified atom stereocenters. The fraction of sp³-hybridized carbons (Fsp3) is 0.148. The van der Waals surface area contributed by atoms with Gasteiger partial charge in [-0.05, 0) is 61.9 Å². The molecular weight excluding hydrogens is 496 g/mol. The second-order valence-electron chi connectivity index (χ2n) is 8.43. The van der Waals surface area contributed by atoms with E-state index in [1.807, 2.05) is 13.8 Å². The van der Waals surface area contributed by atoms with Crippen LogP contribution in [0.15, 0.2) is 81.0 Å². The zero-order valence-corrected chi connectivity index (χ0v) is 20.7. The second kappa shape index (κ2) is 9.87. The average Bonchev–Trinajstić information content (AvgIpc) is 3.31. The van der Waals surface area contributed by atoms with Crippen molar-refractivity contribution in [2.24, 2.45) is 5.10 Å². The first-order valence-electron chi connectivity index (χ1n) is 11.5. The van der Waals surface area contributed by atoms with Crippen LogP contribution in [0.5, 0.6) is 5.75 Å². The van der Waals surface area contributed by atoms with Crippen molar-refractivity contribution in [3.8, 4) is 17.3 Å². The molecule has 0 amide bonds. The Hall–Kier alpha value is -4.50. The van der Waals surface area contributed by atoms with Crippen LogP contribution >= 0.6 is 11.6 Å². The van der Waals surface area contributed by atoms with Crippen molar-refractivity contribution in [2.45, 2.75) is 26.4 Å². The minimum Gasteiger partial charge on any atom is -0.484 e. The molecule has 2 heterocycles. The molecule has 0 saturated carbocycles. The number of rotatable bonds is 7. The number of nitrogens with zero attached hydrogens (tertiary/aromatic N) is 4. The topological polar surface area (TPSA) is 113 Å². The second-order valence-corrected chi connectivity index (χ2v) is 8.86. The summed E-state index contributed by atoms with van der Waals surface area (Å²) in [7, 11) is 0. The molecular formula is C27H21ClN4O5. The van der Waals surface area contributed by atoms with Crippen LogP contribution in [0.1, 0.15) is 25.8 Å². The summed E-state index contributed by atoms with van der Waals surface area (Å²) >= 11 is 6.12. The van der Waals surface area contributed by atoms with E-state index in [-0.39, 0.29) is 23.4 Å². The number of nitro benzene ring substituents is 1. The molecule has 0 radical (unpaired) electrons. The summed E-state index contributed by atoms with van der Waals surface area (Å²) in [4.78, 5) is 29.2. The first-order chi connectivity index (χ1) is 17.8. The first kappa shape index (κ1) is 24.2. The Balaban J connectivity index is 1.63. The predicted octanol–water partition coefficient (Wildman–Crippen LogP) is 6.43. The molecule has 0 aliphatic rings. The Morgan fingerprint density at radius 3 is 2.78 bits per heavy atom. The summed E-state index contributed by atoms with van der Waals surface area (Å²) in [6.45, 7) is 3.77. The Labute approximate surface area is 215 Å². The number of ether oxygens (including phenoxy) is 1. The molecule has 5 aromatic rings. The molecule has 0 saturated heterocycles. The van der Waals surface area contributed by atoms with E-state index >= 15 is 0 Å². The number of aromatic nitrogens is 2. The zero-order valence-electron chi connectivity index (χ0n) is 19.9.